The summed E-state index contributed by atoms with van der Waals surface area (Å²) in [6.07, 6.45) is 2.71. The van der Waals surface area contributed by atoms with Crippen LogP contribution in [0.3, 0.4) is 0 Å². The molecule has 1 saturated heterocycles. The van der Waals surface area contributed by atoms with E-state index >= 15 is 0 Å². The number of anilines is 2. The third-order valence-corrected chi connectivity index (χ3v) is 5.32. The minimum Gasteiger partial charge on any atom is -0.472 e. The Morgan fingerprint density at radius 2 is 2.15 bits per heavy atom. The van der Waals surface area contributed by atoms with Crippen LogP contribution in [0.5, 0.6) is 5.88 Å². The number of hydrogen-bond donors (Lipinski definition) is 2. The van der Waals surface area contributed by atoms with Crippen molar-refractivity contribution < 1.29 is 14.3 Å². The number of carbonyl (C=O) groups excluding carboxylic acids is 1. The number of benzene rings is 1. The summed E-state index contributed by atoms with van der Waals surface area (Å²) in [5, 5.41) is 0.986. The molecule has 1 amide bonds. The van der Waals surface area contributed by atoms with E-state index in [0.29, 0.717) is 31.2 Å². The SMILES string of the molecule is NC(=O)c1ccccc1N1C[C@H]2COCC[C@@H]2Oc2nc3[nH]ccc3cc21. The monoisotopic (exact) mass is 364 g/mol. The fraction of sp³-hybridized carbons (Fsp3) is 0.300. The highest BCUT2D eigenvalue weighted by Gasteiger charge is 2.36. The Labute approximate surface area is 156 Å². The van der Waals surface area contributed by atoms with E-state index in [-0.39, 0.29) is 12.0 Å². The second kappa shape index (κ2) is 6.28. The minimum absolute atomic E-state index is 0.0307. The van der Waals surface area contributed by atoms with Gasteiger partial charge >= 0.3 is 0 Å². The Bertz CT molecular complexity index is 1020. The Morgan fingerprint density at radius 1 is 1.26 bits per heavy atom. The molecule has 2 aromatic heterocycles. The van der Waals surface area contributed by atoms with Gasteiger partial charge in [0.25, 0.3) is 5.91 Å². The minimum atomic E-state index is -0.454. The van der Waals surface area contributed by atoms with Crippen molar-refractivity contribution in [3.05, 3.63) is 48.2 Å². The van der Waals surface area contributed by atoms with Gasteiger partial charge < -0.3 is 25.1 Å². The third kappa shape index (κ3) is 2.71. The molecule has 0 unspecified atom stereocenters. The lowest BCUT2D eigenvalue weighted by molar-refractivity contribution is -0.0181. The lowest BCUT2D eigenvalue weighted by Crippen LogP contribution is -2.40. The predicted octanol–water partition coefficient (Wildman–Crippen LogP) is 2.60. The van der Waals surface area contributed by atoms with Crippen LogP contribution in [0.2, 0.25) is 0 Å². The highest BCUT2D eigenvalue weighted by atomic mass is 16.5. The molecule has 3 aromatic rings. The zero-order chi connectivity index (χ0) is 18.4. The van der Waals surface area contributed by atoms with Crippen LogP contribution in [0, 0.1) is 5.92 Å². The quantitative estimate of drug-likeness (QED) is 0.729. The maximum Gasteiger partial charge on any atom is 0.250 e. The number of ether oxygens (including phenoxy) is 2. The Morgan fingerprint density at radius 3 is 3.04 bits per heavy atom. The number of fused-ring (bicyclic) bond motifs is 3. The molecule has 3 N–H and O–H groups in total. The lowest BCUT2D eigenvalue weighted by Gasteiger charge is -2.32. The van der Waals surface area contributed by atoms with Crippen LogP contribution in [0.4, 0.5) is 11.4 Å². The first kappa shape index (κ1) is 16.1. The molecular formula is C20H20N4O3. The third-order valence-electron chi connectivity index (χ3n) is 5.32. The van der Waals surface area contributed by atoms with Gasteiger partial charge in [-0.3, -0.25) is 4.79 Å². The topological polar surface area (TPSA) is 93.5 Å². The summed E-state index contributed by atoms with van der Waals surface area (Å²) < 4.78 is 12.0. The van der Waals surface area contributed by atoms with Crippen LogP contribution in [0.1, 0.15) is 16.8 Å². The number of nitrogens with zero attached hydrogens (tertiary/aromatic N) is 2. The molecule has 0 saturated carbocycles. The summed E-state index contributed by atoms with van der Waals surface area (Å²) >= 11 is 0. The second-order valence-corrected chi connectivity index (χ2v) is 7.00. The van der Waals surface area contributed by atoms with Crippen molar-refractivity contribution in [1.29, 1.82) is 0 Å². The number of para-hydroxylation sites is 1. The highest BCUT2D eigenvalue weighted by Crippen LogP contribution is 2.41. The number of primary amides is 1. The molecule has 7 nitrogen and oxygen atoms in total. The number of hydrogen-bond acceptors (Lipinski definition) is 5. The zero-order valence-corrected chi connectivity index (χ0v) is 14.7. The number of nitrogens with two attached hydrogens (primary N) is 1. The van der Waals surface area contributed by atoms with Gasteiger partial charge in [-0.25, -0.2) is 0 Å². The molecule has 0 spiro atoms. The summed E-state index contributed by atoms with van der Waals surface area (Å²) in [7, 11) is 0. The van der Waals surface area contributed by atoms with Gasteiger partial charge in [-0.1, -0.05) is 12.1 Å². The Kier molecular flexibility index (Phi) is 3.75. The first-order valence-corrected chi connectivity index (χ1v) is 9.09. The molecular weight excluding hydrogens is 344 g/mol. The van der Waals surface area contributed by atoms with Crippen molar-refractivity contribution in [3.8, 4) is 5.88 Å². The molecule has 2 aliphatic rings. The molecule has 138 valence electrons. The molecule has 0 bridgehead atoms. The number of aromatic nitrogens is 2. The standard InChI is InChI=1S/C20H20N4O3/c21-18(25)14-3-1-2-4-15(14)24-10-13-11-26-8-6-17(13)27-20-16(24)9-12-5-7-22-19(12)23-20/h1-5,7,9,13,17H,6,8,10-11H2,(H2,21,25)(H,22,23)/t13-,17-/m0/s1. The normalized spacial score (nSPS) is 21.9. The van der Waals surface area contributed by atoms with E-state index in [1.165, 1.54) is 0 Å². The Balaban J connectivity index is 1.71. The largest absolute Gasteiger partial charge is 0.472 e. The van der Waals surface area contributed by atoms with Crippen LogP contribution >= 0.6 is 0 Å². The van der Waals surface area contributed by atoms with E-state index in [2.05, 4.69) is 9.88 Å². The van der Waals surface area contributed by atoms with Crippen molar-refractivity contribution >= 4 is 28.3 Å². The fourth-order valence-electron chi connectivity index (χ4n) is 3.96. The van der Waals surface area contributed by atoms with E-state index < -0.39 is 5.91 Å². The average Bonchev–Trinajstić information content (AvgIpc) is 3.07. The smallest absolute Gasteiger partial charge is 0.250 e. The van der Waals surface area contributed by atoms with E-state index in [1.54, 1.807) is 6.07 Å². The molecule has 1 fully saturated rings. The van der Waals surface area contributed by atoms with Crippen LogP contribution in [-0.4, -0.2) is 41.7 Å². The first-order valence-electron chi connectivity index (χ1n) is 9.09. The lowest BCUT2D eigenvalue weighted by atomic mass is 9.97. The summed E-state index contributed by atoms with van der Waals surface area (Å²) in [4.78, 5) is 22.0. The zero-order valence-electron chi connectivity index (χ0n) is 14.7. The number of aromatic amines is 1. The van der Waals surface area contributed by atoms with Crippen LogP contribution in [0.15, 0.2) is 42.6 Å². The van der Waals surface area contributed by atoms with Gasteiger partial charge in [0.2, 0.25) is 5.88 Å². The maximum absolute atomic E-state index is 12.0. The van der Waals surface area contributed by atoms with E-state index in [0.717, 1.165) is 28.8 Å². The number of rotatable bonds is 2. The Hall–Kier alpha value is -3.06. The van der Waals surface area contributed by atoms with Gasteiger partial charge in [0.05, 0.1) is 24.5 Å². The number of pyridine rings is 1. The molecule has 7 heteroatoms. The molecule has 0 radical (unpaired) electrons. The van der Waals surface area contributed by atoms with E-state index in [1.807, 2.05) is 36.5 Å². The number of H-pyrrole nitrogens is 1. The molecule has 5 rings (SSSR count). The molecule has 4 heterocycles. The van der Waals surface area contributed by atoms with E-state index in [9.17, 15) is 4.79 Å². The maximum atomic E-state index is 12.0. The summed E-state index contributed by atoms with van der Waals surface area (Å²) in [6, 6.07) is 11.4. The van der Waals surface area contributed by atoms with Crippen LogP contribution < -0.4 is 15.4 Å². The summed E-state index contributed by atoms with van der Waals surface area (Å²) in [6.45, 7) is 1.96. The number of nitrogens with one attached hydrogen (secondary N) is 1. The number of carbonyl (C=O) groups is 1. The second-order valence-electron chi connectivity index (χ2n) is 7.00. The van der Waals surface area contributed by atoms with Gasteiger partial charge in [-0.05, 0) is 24.3 Å². The van der Waals surface area contributed by atoms with Crippen molar-refractivity contribution in [2.45, 2.75) is 12.5 Å². The molecule has 2 aliphatic heterocycles. The van der Waals surface area contributed by atoms with Gasteiger partial charge in [0, 0.05) is 30.5 Å². The van der Waals surface area contributed by atoms with Gasteiger partial charge in [0.1, 0.15) is 17.4 Å². The average molecular weight is 364 g/mol. The molecule has 2 atom stereocenters. The molecule has 1 aromatic carbocycles. The van der Waals surface area contributed by atoms with Gasteiger partial charge in [0.15, 0.2) is 0 Å². The van der Waals surface area contributed by atoms with Gasteiger partial charge in [-0.2, -0.15) is 4.98 Å². The van der Waals surface area contributed by atoms with Crippen LogP contribution in [-0.2, 0) is 4.74 Å². The first-order chi connectivity index (χ1) is 13.2. The summed E-state index contributed by atoms with van der Waals surface area (Å²) in [5.74, 6) is 0.287. The molecule has 0 aliphatic carbocycles. The summed E-state index contributed by atoms with van der Waals surface area (Å²) in [5.41, 5.74) is 8.50. The van der Waals surface area contributed by atoms with Crippen molar-refractivity contribution in [2.75, 3.05) is 24.7 Å². The van der Waals surface area contributed by atoms with Crippen molar-refractivity contribution in [1.82, 2.24) is 9.97 Å². The van der Waals surface area contributed by atoms with Crippen molar-refractivity contribution in [2.24, 2.45) is 11.7 Å². The van der Waals surface area contributed by atoms with Crippen LogP contribution in [0.25, 0.3) is 11.0 Å². The van der Waals surface area contributed by atoms with E-state index in [4.69, 9.17) is 20.2 Å². The van der Waals surface area contributed by atoms with Crippen molar-refractivity contribution in [3.63, 3.8) is 0 Å². The van der Waals surface area contributed by atoms with Gasteiger partial charge in [-0.15, -0.1) is 0 Å². The fourth-order valence-corrected chi connectivity index (χ4v) is 3.96. The highest BCUT2D eigenvalue weighted by molar-refractivity contribution is 6.00. The predicted molar refractivity (Wildman–Crippen MR) is 101 cm³/mol. The number of amides is 1. The molecule has 27 heavy (non-hydrogen) atoms.